The largest absolute Gasteiger partial charge is 0.484 e. The van der Waals surface area contributed by atoms with Crippen molar-refractivity contribution in [1.82, 2.24) is 9.88 Å². The molecule has 0 atom stereocenters. The Morgan fingerprint density at radius 3 is 2.37 bits per heavy atom. The molecule has 0 bridgehead atoms. The van der Waals surface area contributed by atoms with Crippen LogP contribution in [0, 0.1) is 0 Å². The zero-order chi connectivity index (χ0) is 24.3. The van der Waals surface area contributed by atoms with Crippen molar-refractivity contribution in [2.45, 2.75) is 13.3 Å². The number of amides is 2. The predicted molar refractivity (Wildman–Crippen MR) is 140 cm³/mol. The summed E-state index contributed by atoms with van der Waals surface area (Å²) < 4.78 is 9.97. The molecule has 0 aliphatic carbocycles. The topological polar surface area (TPSA) is 127 Å². The molecule has 0 radical (unpaired) electrons. The highest BCUT2D eigenvalue weighted by Crippen LogP contribution is 2.24. The Balaban J connectivity index is 0.000000552. The lowest BCUT2D eigenvalue weighted by Gasteiger charge is -2.36. The number of anilines is 1. The fourth-order valence-electron chi connectivity index (χ4n) is 3.84. The number of piperazine rings is 1. The normalized spacial score (nSPS) is 12.9. The second-order valence-corrected chi connectivity index (χ2v) is 7.80. The molecule has 35 heavy (non-hydrogen) atoms. The van der Waals surface area contributed by atoms with E-state index in [1.54, 1.807) is 6.92 Å². The number of carbonyl (C=O) groups excluding carboxylic acids is 2. The van der Waals surface area contributed by atoms with Crippen LogP contribution in [-0.2, 0) is 16.0 Å². The van der Waals surface area contributed by atoms with E-state index in [-0.39, 0.29) is 24.9 Å². The number of hydrogen-bond donors (Lipinski definition) is 3. The maximum absolute atomic E-state index is 12.6. The number of aromatic nitrogens is 1. The third-order valence-electron chi connectivity index (χ3n) is 5.56. The van der Waals surface area contributed by atoms with Gasteiger partial charge in [0.05, 0.1) is 6.61 Å². The summed E-state index contributed by atoms with van der Waals surface area (Å²) in [5.74, 6) is 0.741. The summed E-state index contributed by atoms with van der Waals surface area (Å²) in [5.41, 5.74) is 13.7. The van der Waals surface area contributed by atoms with Crippen LogP contribution >= 0.6 is 12.4 Å². The number of nitrogens with two attached hydrogens (primary N) is 2. The van der Waals surface area contributed by atoms with E-state index in [9.17, 15) is 9.59 Å². The summed E-state index contributed by atoms with van der Waals surface area (Å²) in [6.45, 7) is 5.84. The number of fused-ring (bicyclic) bond motifs is 1. The zero-order valence-electron chi connectivity index (χ0n) is 19.9. The Morgan fingerprint density at radius 1 is 1.06 bits per heavy atom. The molecular weight excluding hydrogens is 470 g/mol. The van der Waals surface area contributed by atoms with Crippen molar-refractivity contribution in [2.75, 3.05) is 50.8 Å². The van der Waals surface area contributed by atoms with Crippen LogP contribution in [0.2, 0.25) is 0 Å². The standard InChI is InChI=1S/C22H26N4O2.C3H7NO2.ClH/c23-9-8-17-15-24-21-7-6-19(14-20(17)21)28-16-22(27)26-12-10-25(11-13-26)18-4-2-1-3-5-18;1-2-6-3(4)5;/h1-7,14-15,24H,8-13,16,23H2;2H2,1H3,(H2,4,5);1H. The highest BCUT2D eigenvalue weighted by molar-refractivity contribution is 5.85. The fraction of sp³-hybridized carbons (Fsp3) is 0.360. The number of halogens is 1. The quantitative estimate of drug-likeness (QED) is 0.455. The lowest BCUT2D eigenvalue weighted by Crippen LogP contribution is -2.50. The van der Waals surface area contributed by atoms with Crippen LogP contribution in [0.1, 0.15) is 12.5 Å². The molecule has 1 fully saturated rings. The number of aromatic amines is 1. The third-order valence-corrected chi connectivity index (χ3v) is 5.56. The predicted octanol–water partition coefficient (Wildman–Crippen LogP) is 2.92. The molecule has 5 N–H and O–H groups in total. The van der Waals surface area contributed by atoms with E-state index in [0.29, 0.717) is 32.0 Å². The van der Waals surface area contributed by atoms with Gasteiger partial charge in [-0.05, 0) is 55.8 Å². The number of H-pyrrole nitrogens is 1. The van der Waals surface area contributed by atoms with E-state index >= 15 is 0 Å². The van der Waals surface area contributed by atoms with Crippen molar-refractivity contribution in [3.63, 3.8) is 0 Å². The summed E-state index contributed by atoms with van der Waals surface area (Å²) >= 11 is 0. The molecule has 0 saturated carbocycles. The van der Waals surface area contributed by atoms with Crippen molar-refractivity contribution in [2.24, 2.45) is 11.5 Å². The van der Waals surface area contributed by atoms with Crippen LogP contribution in [0.3, 0.4) is 0 Å². The van der Waals surface area contributed by atoms with E-state index < -0.39 is 6.09 Å². The first-order valence-electron chi connectivity index (χ1n) is 11.4. The minimum atomic E-state index is -0.711. The maximum atomic E-state index is 12.6. The molecule has 10 heteroatoms. The Kier molecular flexibility index (Phi) is 11.2. The number of carbonyl (C=O) groups is 2. The summed E-state index contributed by atoms with van der Waals surface area (Å²) in [6.07, 6.45) is 2.09. The molecule has 2 heterocycles. The Morgan fingerprint density at radius 2 is 1.77 bits per heavy atom. The molecule has 1 aromatic heterocycles. The molecule has 1 saturated heterocycles. The van der Waals surface area contributed by atoms with E-state index in [1.807, 2.05) is 47.5 Å². The fourth-order valence-corrected chi connectivity index (χ4v) is 3.84. The van der Waals surface area contributed by atoms with Gasteiger partial charge in [-0.15, -0.1) is 12.4 Å². The van der Waals surface area contributed by atoms with Crippen molar-refractivity contribution in [3.8, 4) is 5.75 Å². The first-order chi connectivity index (χ1) is 16.5. The van der Waals surface area contributed by atoms with E-state index in [4.69, 9.17) is 10.5 Å². The molecule has 0 unspecified atom stereocenters. The number of nitrogens with zero attached hydrogens (tertiary/aromatic N) is 2. The van der Waals surface area contributed by atoms with Crippen LogP contribution < -0.4 is 21.1 Å². The number of hydrogen-bond acceptors (Lipinski definition) is 6. The van der Waals surface area contributed by atoms with Gasteiger partial charge < -0.3 is 35.7 Å². The van der Waals surface area contributed by atoms with Crippen LogP contribution in [0.15, 0.2) is 54.7 Å². The monoisotopic (exact) mass is 503 g/mol. The van der Waals surface area contributed by atoms with Gasteiger partial charge in [-0.25, -0.2) is 4.79 Å². The molecule has 1 aliphatic rings. The van der Waals surface area contributed by atoms with Crippen molar-refractivity contribution in [1.29, 1.82) is 0 Å². The lowest BCUT2D eigenvalue weighted by atomic mass is 10.1. The minimum Gasteiger partial charge on any atom is -0.484 e. The summed E-state index contributed by atoms with van der Waals surface area (Å²) in [7, 11) is 0. The third kappa shape index (κ3) is 8.08. The van der Waals surface area contributed by atoms with E-state index in [1.165, 1.54) is 11.3 Å². The first-order valence-corrected chi connectivity index (χ1v) is 11.4. The summed E-state index contributed by atoms with van der Waals surface area (Å²) in [5, 5.41) is 1.10. The SMILES string of the molecule is CCOC(N)=O.Cl.NCCc1c[nH]c2ccc(OCC(=O)N3CCN(c4ccccc4)CC3)cc12. The van der Waals surface area contributed by atoms with Gasteiger partial charge in [-0.2, -0.15) is 0 Å². The Bertz CT molecular complexity index is 1070. The molecule has 2 amide bonds. The first kappa shape index (κ1) is 27.8. The molecule has 3 aromatic rings. The number of ether oxygens (including phenoxy) is 2. The van der Waals surface area contributed by atoms with Gasteiger partial charge in [-0.1, -0.05) is 18.2 Å². The van der Waals surface area contributed by atoms with Crippen LogP contribution in [-0.4, -0.2) is 67.8 Å². The summed E-state index contributed by atoms with van der Waals surface area (Å²) in [6, 6.07) is 16.2. The second-order valence-electron chi connectivity index (χ2n) is 7.80. The average molecular weight is 504 g/mol. The van der Waals surface area contributed by atoms with Crippen molar-refractivity contribution >= 4 is 41.0 Å². The second kappa shape index (κ2) is 14.1. The lowest BCUT2D eigenvalue weighted by molar-refractivity contribution is -0.133. The number of primary amides is 1. The molecule has 2 aromatic carbocycles. The average Bonchev–Trinajstić information content (AvgIpc) is 3.26. The van der Waals surface area contributed by atoms with Crippen molar-refractivity contribution in [3.05, 3.63) is 60.3 Å². The molecular formula is C25H34ClN5O4. The molecule has 4 rings (SSSR count). The van der Waals surface area contributed by atoms with E-state index in [0.717, 1.165) is 30.4 Å². The smallest absolute Gasteiger partial charge is 0.404 e. The van der Waals surface area contributed by atoms with Crippen LogP contribution in [0.4, 0.5) is 10.5 Å². The Labute approximate surface area is 211 Å². The molecule has 9 nitrogen and oxygen atoms in total. The number of rotatable bonds is 7. The molecule has 1 aliphatic heterocycles. The van der Waals surface area contributed by atoms with Gasteiger partial charge >= 0.3 is 6.09 Å². The maximum Gasteiger partial charge on any atom is 0.404 e. The minimum absolute atomic E-state index is 0. The Hall–Kier alpha value is -3.43. The highest BCUT2D eigenvalue weighted by Gasteiger charge is 2.21. The van der Waals surface area contributed by atoms with E-state index in [2.05, 4.69) is 32.5 Å². The van der Waals surface area contributed by atoms with Gasteiger partial charge in [0.1, 0.15) is 5.75 Å². The van der Waals surface area contributed by atoms with Gasteiger partial charge in [0.2, 0.25) is 0 Å². The number of para-hydroxylation sites is 1. The van der Waals surface area contributed by atoms with Crippen molar-refractivity contribution < 1.29 is 19.1 Å². The van der Waals surface area contributed by atoms with Gasteiger partial charge in [0, 0.05) is 49.0 Å². The van der Waals surface area contributed by atoms with Crippen LogP contribution in [0.25, 0.3) is 10.9 Å². The molecule has 0 spiro atoms. The van der Waals surface area contributed by atoms with Gasteiger partial charge in [0.25, 0.3) is 5.91 Å². The highest BCUT2D eigenvalue weighted by atomic mass is 35.5. The molecule has 190 valence electrons. The summed E-state index contributed by atoms with van der Waals surface area (Å²) in [4.78, 5) is 29.6. The zero-order valence-corrected chi connectivity index (χ0v) is 20.8. The van der Waals surface area contributed by atoms with Crippen LogP contribution in [0.5, 0.6) is 5.75 Å². The number of benzene rings is 2. The van der Waals surface area contributed by atoms with Gasteiger partial charge in [0.15, 0.2) is 6.61 Å². The number of nitrogens with one attached hydrogen (secondary N) is 1. The van der Waals surface area contributed by atoms with Gasteiger partial charge in [-0.3, -0.25) is 4.79 Å².